The average Bonchev–Trinajstić information content (AvgIpc) is 3.06. The first-order valence-corrected chi connectivity index (χ1v) is 8.52. The second kappa shape index (κ2) is 11.5. The number of aliphatic imine (C=N–C) groups is 1. The maximum atomic E-state index is 5.68. The number of benzene rings is 1. The van der Waals surface area contributed by atoms with Crippen molar-refractivity contribution in [1.29, 1.82) is 0 Å². The smallest absolute Gasteiger partial charge is 0.193 e. The van der Waals surface area contributed by atoms with Gasteiger partial charge in [0.05, 0.1) is 19.8 Å². The van der Waals surface area contributed by atoms with E-state index in [9.17, 15) is 0 Å². The minimum absolute atomic E-state index is 0. The molecular formula is C18H30IN3O2. The number of ether oxygens (including phenoxy) is 2. The molecule has 0 aromatic heterocycles. The number of nitrogens with one attached hydrogen (secondary N) is 1. The van der Waals surface area contributed by atoms with Gasteiger partial charge in [-0.3, -0.25) is 0 Å². The van der Waals surface area contributed by atoms with E-state index in [0.717, 1.165) is 50.0 Å². The minimum atomic E-state index is 0. The van der Waals surface area contributed by atoms with Crippen molar-refractivity contribution in [2.45, 2.75) is 26.8 Å². The molecule has 1 atom stereocenters. The monoisotopic (exact) mass is 447 g/mol. The molecule has 0 bridgehead atoms. The Morgan fingerprint density at radius 2 is 2.17 bits per heavy atom. The maximum Gasteiger partial charge on any atom is 0.193 e. The molecule has 6 heteroatoms. The van der Waals surface area contributed by atoms with E-state index in [0.29, 0.717) is 19.1 Å². The molecule has 1 saturated heterocycles. The highest BCUT2D eigenvalue weighted by atomic mass is 127. The predicted molar refractivity (Wildman–Crippen MR) is 109 cm³/mol. The van der Waals surface area contributed by atoms with Crippen LogP contribution in [-0.2, 0) is 11.3 Å². The zero-order chi connectivity index (χ0) is 16.5. The lowest BCUT2D eigenvalue weighted by molar-refractivity contribution is 0.181. The van der Waals surface area contributed by atoms with Crippen molar-refractivity contribution in [3.05, 3.63) is 29.8 Å². The highest BCUT2D eigenvalue weighted by molar-refractivity contribution is 14.0. The number of rotatable bonds is 7. The highest BCUT2D eigenvalue weighted by Gasteiger charge is 2.19. The van der Waals surface area contributed by atoms with Crippen molar-refractivity contribution in [1.82, 2.24) is 10.2 Å². The molecule has 1 aliphatic rings. The fraction of sp³-hybridized carbons (Fsp3) is 0.611. The summed E-state index contributed by atoms with van der Waals surface area (Å²) in [6.07, 6.45) is 1.14. The summed E-state index contributed by atoms with van der Waals surface area (Å²) in [6.45, 7) is 8.95. The van der Waals surface area contributed by atoms with E-state index in [-0.39, 0.29) is 24.0 Å². The largest absolute Gasteiger partial charge is 0.494 e. The molecule has 136 valence electrons. The van der Waals surface area contributed by atoms with Crippen LogP contribution < -0.4 is 10.1 Å². The van der Waals surface area contributed by atoms with Crippen molar-refractivity contribution in [2.24, 2.45) is 10.9 Å². The van der Waals surface area contributed by atoms with Gasteiger partial charge in [0, 0.05) is 38.2 Å². The minimum Gasteiger partial charge on any atom is -0.494 e. The van der Waals surface area contributed by atoms with Crippen LogP contribution >= 0.6 is 24.0 Å². The first-order chi connectivity index (χ1) is 11.2. The van der Waals surface area contributed by atoms with Gasteiger partial charge in [0.1, 0.15) is 5.75 Å². The van der Waals surface area contributed by atoms with E-state index < -0.39 is 0 Å². The Kier molecular flexibility index (Phi) is 10.1. The molecule has 1 fully saturated rings. The van der Waals surface area contributed by atoms with Gasteiger partial charge in [-0.25, -0.2) is 4.99 Å². The molecule has 0 saturated carbocycles. The van der Waals surface area contributed by atoms with Gasteiger partial charge in [-0.1, -0.05) is 18.2 Å². The van der Waals surface area contributed by atoms with Crippen molar-refractivity contribution in [3.8, 4) is 5.75 Å². The van der Waals surface area contributed by atoms with Crippen LogP contribution in [0.3, 0.4) is 0 Å². The van der Waals surface area contributed by atoms with Crippen LogP contribution in [0.15, 0.2) is 29.3 Å². The molecule has 1 aromatic carbocycles. The van der Waals surface area contributed by atoms with Crippen LogP contribution in [0.5, 0.6) is 5.75 Å². The van der Waals surface area contributed by atoms with Gasteiger partial charge in [-0.15, -0.1) is 24.0 Å². The summed E-state index contributed by atoms with van der Waals surface area (Å²) in [5.74, 6) is 2.45. The third-order valence-electron chi connectivity index (χ3n) is 3.92. The maximum absolute atomic E-state index is 5.68. The van der Waals surface area contributed by atoms with Crippen LogP contribution in [0, 0.1) is 5.92 Å². The quantitative estimate of drug-likeness (QED) is 0.397. The summed E-state index contributed by atoms with van der Waals surface area (Å²) in [5.41, 5.74) is 1.11. The molecule has 1 aliphatic heterocycles. The fourth-order valence-electron chi connectivity index (χ4n) is 2.76. The second-order valence-corrected chi connectivity index (χ2v) is 5.82. The van der Waals surface area contributed by atoms with E-state index in [2.05, 4.69) is 30.3 Å². The Morgan fingerprint density at radius 1 is 1.38 bits per heavy atom. The van der Waals surface area contributed by atoms with Gasteiger partial charge in [-0.2, -0.15) is 0 Å². The summed E-state index contributed by atoms with van der Waals surface area (Å²) >= 11 is 0. The van der Waals surface area contributed by atoms with Gasteiger partial charge >= 0.3 is 0 Å². The lowest BCUT2D eigenvalue weighted by Crippen LogP contribution is -2.41. The Balaban J connectivity index is 0.00000288. The van der Waals surface area contributed by atoms with Crippen molar-refractivity contribution >= 4 is 29.9 Å². The molecule has 0 amide bonds. The summed E-state index contributed by atoms with van der Waals surface area (Å²) < 4.78 is 11.1. The average molecular weight is 447 g/mol. The number of hydrogen-bond donors (Lipinski definition) is 1. The standard InChI is InChI=1S/C18H29N3O2.HI/c1-4-19-18(21(3)13-15-10-11-22-14-15)20-12-16-8-6-7-9-17(16)23-5-2;/h6-9,15H,4-5,10-14H2,1-3H3,(H,19,20);1H. The van der Waals surface area contributed by atoms with Gasteiger partial charge in [0.15, 0.2) is 5.96 Å². The number of hydrogen-bond acceptors (Lipinski definition) is 3. The Morgan fingerprint density at radius 3 is 2.83 bits per heavy atom. The molecule has 1 aromatic rings. The zero-order valence-electron chi connectivity index (χ0n) is 15.0. The summed E-state index contributed by atoms with van der Waals surface area (Å²) in [7, 11) is 2.09. The van der Waals surface area contributed by atoms with Gasteiger partial charge in [0.2, 0.25) is 0 Å². The van der Waals surface area contributed by atoms with Crippen LogP contribution in [0.1, 0.15) is 25.8 Å². The van der Waals surface area contributed by atoms with Crippen molar-refractivity contribution in [3.63, 3.8) is 0 Å². The first kappa shape index (κ1) is 21.0. The summed E-state index contributed by atoms with van der Waals surface area (Å²) in [5, 5.41) is 3.37. The van der Waals surface area contributed by atoms with Gasteiger partial charge in [0.25, 0.3) is 0 Å². The molecule has 0 radical (unpaired) electrons. The van der Waals surface area contributed by atoms with Crippen molar-refractivity contribution < 1.29 is 9.47 Å². The SMILES string of the molecule is CCNC(=NCc1ccccc1OCC)N(C)CC1CCOC1.I. The lowest BCUT2D eigenvalue weighted by Gasteiger charge is -2.24. The Labute approximate surface area is 162 Å². The topological polar surface area (TPSA) is 46.1 Å². The number of halogens is 1. The lowest BCUT2D eigenvalue weighted by atomic mass is 10.1. The van der Waals surface area contributed by atoms with Gasteiger partial charge in [-0.05, 0) is 26.3 Å². The number of guanidine groups is 1. The zero-order valence-corrected chi connectivity index (χ0v) is 17.3. The van der Waals surface area contributed by atoms with Crippen LogP contribution in [-0.4, -0.2) is 50.8 Å². The van der Waals surface area contributed by atoms with Crippen LogP contribution in [0.4, 0.5) is 0 Å². The molecule has 0 aliphatic carbocycles. The predicted octanol–water partition coefficient (Wildman–Crippen LogP) is 3.14. The van der Waals surface area contributed by atoms with Gasteiger partial charge < -0.3 is 19.7 Å². The molecule has 1 N–H and O–H groups in total. The molecule has 5 nitrogen and oxygen atoms in total. The van der Waals surface area contributed by atoms with Crippen LogP contribution in [0.2, 0.25) is 0 Å². The molecule has 24 heavy (non-hydrogen) atoms. The third-order valence-corrected chi connectivity index (χ3v) is 3.92. The normalized spacial score (nSPS) is 17.3. The van der Waals surface area contributed by atoms with E-state index in [4.69, 9.17) is 14.5 Å². The number of para-hydroxylation sites is 1. The molecule has 0 spiro atoms. The Hall–Kier alpha value is -1.02. The van der Waals surface area contributed by atoms with E-state index in [1.807, 2.05) is 25.1 Å². The Bertz CT molecular complexity index is 505. The first-order valence-electron chi connectivity index (χ1n) is 8.52. The van der Waals surface area contributed by atoms with Crippen molar-refractivity contribution in [2.75, 3.05) is 40.0 Å². The fourth-order valence-corrected chi connectivity index (χ4v) is 2.76. The summed E-state index contributed by atoms with van der Waals surface area (Å²) in [4.78, 5) is 6.98. The third kappa shape index (κ3) is 6.47. The highest BCUT2D eigenvalue weighted by Crippen LogP contribution is 2.19. The summed E-state index contributed by atoms with van der Waals surface area (Å²) in [6, 6.07) is 8.10. The molecule has 1 unspecified atom stereocenters. The molecular weight excluding hydrogens is 417 g/mol. The second-order valence-electron chi connectivity index (χ2n) is 5.82. The molecule has 1 heterocycles. The van der Waals surface area contributed by atoms with E-state index in [1.165, 1.54) is 0 Å². The number of nitrogens with zero attached hydrogens (tertiary/aromatic N) is 2. The van der Waals surface area contributed by atoms with Crippen LogP contribution in [0.25, 0.3) is 0 Å². The van der Waals surface area contributed by atoms with E-state index >= 15 is 0 Å². The molecule has 2 rings (SSSR count). The van der Waals surface area contributed by atoms with E-state index in [1.54, 1.807) is 0 Å².